The zero-order valence-electron chi connectivity index (χ0n) is 11.6. The van der Waals surface area contributed by atoms with Crippen LogP contribution in [0.4, 0.5) is 0 Å². The Morgan fingerprint density at radius 3 is 2.00 bits per heavy atom. The van der Waals surface area contributed by atoms with Gasteiger partial charge in [-0.15, -0.1) is 0 Å². The van der Waals surface area contributed by atoms with E-state index in [-0.39, 0.29) is 0 Å². The molecule has 1 unspecified atom stereocenters. The van der Waals surface area contributed by atoms with E-state index in [0.717, 1.165) is 13.0 Å². The van der Waals surface area contributed by atoms with Gasteiger partial charge in [-0.2, -0.15) is 0 Å². The molecule has 0 spiro atoms. The standard InChI is InChI=1S/C18H20O/c1-3-13(2)19-12-18-16-10-6-4-8-14(16)15-9-5-7-11-17(15)18/h4-11,13,18H,3,12H2,1-2H3. The third-order valence-electron chi connectivity index (χ3n) is 4.08. The molecule has 98 valence electrons. The number of hydrogen-bond acceptors (Lipinski definition) is 1. The largest absolute Gasteiger partial charge is 0.378 e. The molecule has 0 heterocycles. The van der Waals surface area contributed by atoms with E-state index < -0.39 is 0 Å². The summed E-state index contributed by atoms with van der Waals surface area (Å²) in [6.07, 6.45) is 1.40. The van der Waals surface area contributed by atoms with Crippen LogP contribution in [0.1, 0.15) is 37.3 Å². The Kier molecular flexibility index (Phi) is 3.39. The molecule has 0 N–H and O–H groups in total. The predicted molar refractivity (Wildman–Crippen MR) is 79.4 cm³/mol. The lowest BCUT2D eigenvalue weighted by Crippen LogP contribution is -2.13. The van der Waals surface area contributed by atoms with Crippen molar-refractivity contribution in [1.82, 2.24) is 0 Å². The van der Waals surface area contributed by atoms with Gasteiger partial charge in [0.1, 0.15) is 0 Å². The molecule has 1 aliphatic carbocycles. The summed E-state index contributed by atoms with van der Waals surface area (Å²) in [7, 11) is 0. The highest BCUT2D eigenvalue weighted by Gasteiger charge is 2.28. The molecule has 3 rings (SSSR count). The third kappa shape index (κ3) is 2.19. The van der Waals surface area contributed by atoms with Gasteiger partial charge in [-0.3, -0.25) is 0 Å². The molecule has 0 saturated heterocycles. The zero-order chi connectivity index (χ0) is 13.2. The first-order valence-corrected chi connectivity index (χ1v) is 7.11. The maximum atomic E-state index is 5.99. The van der Waals surface area contributed by atoms with Gasteiger partial charge < -0.3 is 4.74 Å². The second-order valence-electron chi connectivity index (χ2n) is 5.28. The molecule has 0 fully saturated rings. The van der Waals surface area contributed by atoms with E-state index in [9.17, 15) is 0 Å². The van der Waals surface area contributed by atoms with Crippen molar-refractivity contribution in [3.63, 3.8) is 0 Å². The molecule has 0 amide bonds. The Morgan fingerprint density at radius 2 is 1.47 bits per heavy atom. The van der Waals surface area contributed by atoms with E-state index in [0.29, 0.717) is 12.0 Å². The molecular formula is C18H20O. The van der Waals surface area contributed by atoms with Gasteiger partial charge in [0.25, 0.3) is 0 Å². The second-order valence-corrected chi connectivity index (χ2v) is 5.28. The molecular weight excluding hydrogens is 232 g/mol. The first kappa shape index (κ1) is 12.4. The monoisotopic (exact) mass is 252 g/mol. The van der Waals surface area contributed by atoms with E-state index in [1.54, 1.807) is 0 Å². The van der Waals surface area contributed by atoms with Crippen LogP contribution in [0, 0.1) is 0 Å². The van der Waals surface area contributed by atoms with E-state index in [4.69, 9.17) is 4.74 Å². The van der Waals surface area contributed by atoms with Gasteiger partial charge in [0, 0.05) is 5.92 Å². The third-order valence-corrected chi connectivity index (χ3v) is 4.08. The summed E-state index contributed by atoms with van der Waals surface area (Å²) in [5.74, 6) is 0.390. The van der Waals surface area contributed by atoms with Gasteiger partial charge in [-0.1, -0.05) is 55.5 Å². The summed E-state index contributed by atoms with van der Waals surface area (Å²) in [4.78, 5) is 0. The molecule has 1 atom stereocenters. The van der Waals surface area contributed by atoms with Crippen molar-refractivity contribution in [1.29, 1.82) is 0 Å². The summed E-state index contributed by atoms with van der Waals surface area (Å²) in [5.41, 5.74) is 5.56. The second kappa shape index (κ2) is 5.18. The first-order chi connectivity index (χ1) is 9.31. The molecule has 0 radical (unpaired) electrons. The van der Waals surface area contributed by atoms with Crippen molar-refractivity contribution in [2.24, 2.45) is 0 Å². The number of hydrogen-bond donors (Lipinski definition) is 0. The smallest absolute Gasteiger partial charge is 0.0579 e. The number of rotatable bonds is 4. The number of ether oxygens (including phenoxy) is 1. The molecule has 2 aromatic carbocycles. The fraction of sp³-hybridized carbons (Fsp3) is 0.333. The molecule has 0 saturated carbocycles. The van der Waals surface area contributed by atoms with E-state index in [2.05, 4.69) is 62.4 Å². The Morgan fingerprint density at radius 1 is 0.947 bits per heavy atom. The van der Waals surface area contributed by atoms with Gasteiger partial charge in [-0.05, 0) is 35.6 Å². The van der Waals surface area contributed by atoms with Gasteiger partial charge >= 0.3 is 0 Å². The van der Waals surface area contributed by atoms with Crippen molar-refractivity contribution in [3.8, 4) is 11.1 Å². The zero-order valence-corrected chi connectivity index (χ0v) is 11.6. The van der Waals surface area contributed by atoms with Crippen LogP contribution in [0.3, 0.4) is 0 Å². The summed E-state index contributed by atoms with van der Waals surface area (Å²) in [6.45, 7) is 5.09. The molecule has 1 aliphatic rings. The average molecular weight is 252 g/mol. The summed E-state index contributed by atoms with van der Waals surface area (Å²) in [6, 6.07) is 17.4. The minimum Gasteiger partial charge on any atom is -0.378 e. The topological polar surface area (TPSA) is 9.23 Å². The maximum Gasteiger partial charge on any atom is 0.0579 e. The van der Waals surface area contributed by atoms with Crippen molar-refractivity contribution in [2.45, 2.75) is 32.3 Å². The van der Waals surface area contributed by atoms with Crippen LogP contribution in [0.5, 0.6) is 0 Å². The lowest BCUT2D eigenvalue weighted by atomic mass is 9.98. The molecule has 2 aromatic rings. The average Bonchev–Trinajstić information content (AvgIpc) is 2.79. The fourth-order valence-corrected chi connectivity index (χ4v) is 2.82. The van der Waals surface area contributed by atoms with Gasteiger partial charge in [0.15, 0.2) is 0 Å². The summed E-state index contributed by atoms with van der Waals surface area (Å²) in [5, 5.41) is 0. The fourth-order valence-electron chi connectivity index (χ4n) is 2.82. The predicted octanol–water partition coefficient (Wildman–Crippen LogP) is 4.61. The highest BCUT2D eigenvalue weighted by molar-refractivity contribution is 5.78. The minimum atomic E-state index is 0.333. The molecule has 1 nitrogen and oxygen atoms in total. The number of benzene rings is 2. The first-order valence-electron chi connectivity index (χ1n) is 7.11. The Balaban J connectivity index is 1.96. The molecule has 1 heteroatoms. The van der Waals surface area contributed by atoms with Crippen LogP contribution in [-0.2, 0) is 4.74 Å². The molecule has 0 aromatic heterocycles. The van der Waals surface area contributed by atoms with Gasteiger partial charge in [-0.25, -0.2) is 0 Å². The Hall–Kier alpha value is -1.60. The van der Waals surface area contributed by atoms with Crippen molar-refractivity contribution in [3.05, 3.63) is 59.7 Å². The van der Waals surface area contributed by atoms with E-state index in [1.807, 2.05) is 0 Å². The molecule has 0 bridgehead atoms. The highest BCUT2D eigenvalue weighted by atomic mass is 16.5. The van der Waals surface area contributed by atoms with Gasteiger partial charge in [0.05, 0.1) is 12.7 Å². The highest BCUT2D eigenvalue weighted by Crippen LogP contribution is 2.44. The lowest BCUT2D eigenvalue weighted by molar-refractivity contribution is 0.0591. The van der Waals surface area contributed by atoms with Crippen LogP contribution in [0.25, 0.3) is 11.1 Å². The number of fused-ring (bicyclic) bond motifs is 3. The summed E-state index contributed by atoms with van der Waals surface area (Å²) >= 11 is 0. The van der Waals surface area contributed by atoms with Crippen molar-refractivity contribution >= 4 is 0 Å². The quantitative estimate of drug-likeness (QED) is 0.772. The molecule has 19 heavy (non-hydrogen) atoms. The SMILES string of the molecule is CCC(C)OCC1c2ccccc2-c2ccccc21. The van der Waals surface area contributed by atoms with Crippen LogP contribution in [-0.4, -0.2) is 12.7 Å². The van der Waals surface area contributed by atoms with Crippen LogP contribution in [0.2, 0.25) is 0 Å². The van der Waals surface area contributed by atoms with Crippen molar-refractivity contribution in [2.75, 3.05) is 6.61 Å². The van der Waals surface area contributed by atoms with E-state index >= 15 is 0 Å². The lowest BCUT2D eigenvalue weighted by Gasteiger charge is -2.17. The van der Waals surface area contributed by atoms with Crippen molar-refractivity contribution < 1.29 is 4.74 Å². The van der Waals surface area contributed by atoms with Crippen LogP contribution < -0.4 is 0 Å². The van der Waals surface area contributed by atoms with Gasteiger partial charge in [0.2, 0.25) is 0 Å². The molecule has 0 aliphatic heterocycles. The maximum absolute atomic E-state index is 5.99. The normalized spacial score (nSPS) is 15.1. The Bertz CT molecular complexity index is 528. The Labute approximate surface area is 115 Å². The minimum absolute atomic E-state index is 0.333. The van der Waals surface area contributed by atoms with Crippen LogP contribution >= 0.6 is 0 Å². The van der Waals surface area contributed by atoms with Crippen LogP contribution in [0.15, 0.2) is 48.5 Å². The van der Waals surface area contributed by atoms with E-state index in [1.165, 1.54) is 22.3 Å². The summed E-state index contributed by atoms with van der Waals surface area (Å²) < 4.78 is 5.99.